The molecule has 1 aromatic rings. The Balaban J connectivity index is 1.93. The van der Waals surface area contributed by atoms with Gasteiger partial charge >= 0.3 is 0 Å². The minimum Gasteiger partial charge on any atom is -0.382 e. The van der Waals surface area contributed by atoms with Gasteiger partial charge in [-0.05, 0) is 55.9 Å². The summed E-state index contributed by atoms with van der Waals surface area (Å²) in [6.45, 7) is 2.33. The fourth-order valence-electron chi connectivity index (χ4n) is 2.61. The normalized spacial score (nSPS) is 22.9. The second kappa shape index (κ2) is 6.09. The molecule has 0 atom stereocenters. The standard InChI is InChI=1S/C16H24N2O/c1-12-4-8-14(9-5-12)17-15-10-6-13(7-11-15)16(19)18(2)3/h6-7,10-12,14,17H,4-5,8-9H2,1-3H3. The Labute approximate surface area is 116 Å². The highest BCUT2D eigenvalue weighted by Crippen LogP contribution is 2.26. The van der Waals surface area contributed by atoms with Crippen molar-refractivity contribution in [3.63, 3.8) is 0 Å². The van der Waals surface area contributed by atoms with Crippen molar-refractivity contribution >= 4 is 11.6 Å². The van der Waals surface area contributed by atoms with Crippen LogP contribution >= 0.6 is 0 Å². The molecule has 1 aromatic carbocycles. The van der Waals surface area contributed by atoms with Gasteiger partial charge in [-0.25, -0.2) is 0 Å². The molecule has 0 heterocycles. The highest BCUT2D eigenvalue weighted by Gasteiger charge is 2.17. The summed E-state index contributed by atoms with van der Waals surface area (Å²) < 4.78 is 0. The van der Waals surface area contributed by atoms with Gasteiger partial charge in [0.1, 0.15) is 0 Å². The van der Waals surface area contributed by atoms with Crippen molar-refractivity contribution < 1.29 is 4.79 Å². The third-order valence-corrected chi connectivity index (χ3v) is 3.92. The molecule has 104 valence electrons. The maximum absolute atomic E-state index is 11.8. The maximum Gasteiger partial charge on any atom is 0.253 e. The maximum atomic E-state index is 11.8. The van der Waals surface area contributed by atoms with Crippen LogP contribution in [-0.4, -0.2) is 30.9 Å². The SMILES string of the molecule is CC1CCC(Nc2ccc(C(=O)N(C)C)cc2)CC1. The van der Waals surface area contributed by atoms with Gasteiger partial charge in [-0.2, -0.15) is 0 Å². The van der Waals surface area contributed by atoms with Gasteiger partial charge in [0.05, 0.1) is 0 Å². The summed E-state index contributed by atoms with van der Waals surface area (Å²) in [6.07, 6.45) is 5.13. The molecule has 0 saturated heterocycles. The number of nitrogens with one attached hydrogen (secondary N) is 1. The molecule has 19 heavy (non-hydrogen) atoms. The number of amides is 1. The van der Waals surface area contributed by atoms with E-state index in [4.69, 9.17) is 0 Å². The second-order valence-corrected chi connectivity index (χ2v) is 5.88. The van der Waals surface area contributed by atoms with Crippen molar-refractivity contribution in [3.05, 3.63) is 29.8 Å². The molecule has 1 aliphatic rings. The average Bonchev–Trinajstić information content (AvgIpc) is 2.41. The van der Waals surface area contributed by atoms with Crippen LogP contribution < -0.4 is 5.32 Å². The second-order valence-electron chi connectivity index (χ2n) is 5.88. The predicted molar refractivity (Wildman–Crippen MR) is 79.5 cm³/mol. The minimum absolute atomic E-state index is 0.0537. The number of anilines is 1. The largest absolute Gasteiger partial charge is 0.382 e. The van der Waals surface area contributed by atoms with Crippen LogP contribution in [0, 0.1) is 5.92 Å². The Kier molecular flexibility index (Phi) is 4.46. The average molecular weight is 260 g/mol. The number of rotatable bonds is 3. The zero-order valence-electron chi connectivity index (χ0n) is 12.1. The van der Waals surface area contributed by atoms with E-state index in [9.17, 15) is 4.79 Å². The monoisotopic (exact) mass is 260 g/mol. The molecule has 1 fully saturated rings. The molecule has 1 amide bonds. The molecule has 0 bridgehead atoms. The molecule has 0 aromatic heterocycles. The fraction of sp³-hybridized carbons (Fsp3) is 0.562. The summed E-state index contributed by atoms with van der Waals surface area (Å²) >= 11 is 0. The third-order valence-electron chi connectivity index (χ3n) is 3.92. The molecule has 3 nitrogen and oxygen atoms in total. The lowest BCUT2D eigenvalue weighted by molar-refractivity contribution is 0.0827. The number of carbonyl (C=O) groups is 1. The van der Waals surface area contributed by atoms with E-state index in [2.05, 4.69) is 12.2 Å². The first kappa shape index (κ1) is 13.9. The Morgan fingerprint density at radius 3 is 2.21 bits per heavy atom. The van der Waals surface area contributed by atoms with Gasteiger partial charge < -0.3 is 10.2 Å². The molecule has 1 aliphatic carbocycles. The number of hydrogen-bond acceptors (Lipinski definition) is 2. The third kappa shape index (κ3) is 3.72. The van der Waals surface area contributed by atoms with Gasteiger partial charge in [-0.3, -0.25) is 4.79 Å². The van der Waals surface area contributed by atoms with E-state index in [1.807, 2.05) is 24.3 Å². The smallest absolute Gasteiger partial charge is 0.253 e. The van der Waals surface area contributed by atoms with Crippen molar-refractivity contribution in [2.75, 3.05) is 19.4 Å². The summed E-state index contributed by atoms with van der Waals surface area (Å²) in [4.78, 5) is 13.4. The summed E-state index contributed by atoms with van der Waals surface area (Å²) in [7, 11) is 3.55. The first-order chi connectivity index (χ1) is 9.06. The fourth-order valence-corrected chi connectivity index (χ4v) is 2.61. The number of carbonyl (C=O) groups excluding carboxylic acids is 1. The lowest BCUT2D eigenvalue weighted by Crippen LogP contribution is -2.25. The molecular weight excluding hydrogens is 236 g/mol. The van der Waals surface area contributed by atoms with E-state index in [0.717, 1.165) is 17.2 Å². The van der Waals surface area contributed by atoms with Crippen LogP contribution in [0.3, 0.4) is 0 Å². The van der Waals surface area contributed by atoms with Gasteiger partial charge in [0.15, 0.2) is 0 Å². The van der Waals surface area contributed by atoms with E-state index < -0.39 is 0 Å². The molecule has 0 spiro atoms. The van der Waals surface area contributed by atoms with Crippen LogP contribution in [-0.2, 0) is 0 Å². The van der Waals surface area contributed by atoms with E-state index >= 15 is 0 Å². The van der Waals surface area contributed by atoms with Gasteiger partial charge in [0.25, 0.3) is 5.91 Å². The molecule has 0 radical (unpaired) electrons. The number of hydrogen-bond donors (Lipinski definition) is 1. The van der Waals surface area contributed by atoms with Crippen molar-refractivity contribution in [3.8, 4) is 0 Å². The number of nitrogens with zero attached hydrogens (tertiary/aromatic N) is 1. The molecule has 1 N–H and O–H groups in total. The van der Waals surface area contributed by atoms with Crippen LogP contribution in [0.2, 0.25) is 0 Å². The Morgan fingerprint density at radius 1 is 1.11 bits per heavy atom. The summed E-state index contributed by atoms with van der Waals surface area (Å²) in [5, 5.41) is 3.57. The molecule has 0 unspecified atom stereocenters. The van der Waals surface area contributed by atoms with Gasteiger partial charge in [0, 0.05) is 31.4 Å². The van der Waals surface area contributed by atoms with Crippen LogP contribution in [0.4, 0.5) is 5.69 Å². The highest BCUT2D eigenvalue weighted by molar-refractivity contribution is 5.94. The predicted octanol–water partition coefficient (Wildman–Crippen LogP) is 3.38. The molecule has 2 rings (SSSR count). The summed E-state index contributed by atoms with van der Waals surface area (Å²) in [5.41, 5.74) is 1.86. The van der Waals surface area contributed by atoms with Crippen molar-refractivity contribution in [2.45, 2.75) is 38.6 Å². The van der Waals surface area contributed by atoms with Crippen LogP contribution in [0.1, 0.15) is 43.0 Å². The van der Waals surface area contributed by atoms with Crippen LogP contribution in [0.25, 0.3) is 0 Å². The van der Waals surface area contributed by atoms with Gasteiger partial charge in [-0.15, -0.1) is 0 Å². The topological polar surface area (TPSA) is 32.3 Å². The summed E-state index contributed by atoms with van der Waals surface area (Å²) in [5.74, 6) is 0.927. The van der Waals surface area contributed by atoms with Gasteiger partial charge in [-0.1, -0.05) is 6.92 Å². The Hall–Kier alpha value is -1.51. The lowest BCUT2D eigenvalue weighted by atomic mass is 9.87. The first-order valence-electron chi connectivity index (χ1n) is 7.14. The van der Waals surface area contributed by atoms with Crippen LogP contribution in [0.15, 0.2) is 24.3 Å². The van der Waals surface area contributed by atoms with Crippen molar-refractivity contribution in [2.24, 2.45) is 5.92 Å². The summed E-state index contributed by atoms with van der Waals surface area (Å²) in [6, 6.07) is 8.40. The molecular formula is C16H24N2O. The Morgan fingerprint density at radius 2 is 1.68 bits per heavy atom. The van der Waals surface area contributed by atoms with E-state index in [1.165, 1.54) is 25.7 Å². The molecule has 3 heteroatoms. The Bertz CT molecular complexity index is 417. The van der Waals surface area contributed by atoms with E-state index in [1.54, 1.807) is 19.0 Å². The van der Waals surface area contributed by atoms with E-state index in [-0.39, 0.29) is 5.91 Å². The molecule has 0 aliphatic heterocycles. The quantitative estimate of drug-likeness (QED) is 0.903. The highest BCUT2D eigenvalue weighted by atomic mass is 16.2. The van der Waals surface area contributed by atoms with Gasteiger partial charge in [0.2, 0.25) is 0 Å². The molecule has 1 saturated carbocycles. The van der Waals surface area contributed by atoms with Crippen molar-refractivity contribution in [1.82, 2.24) is 4.90 Å². The van der Waals surface area contributed by atoms with Crippen LogP contribution in [0.5, 0.6) is 0 Å². The van der Waals surface area contributed by atoms with E-state index in [0.29, 0.717) is 6.04 Å². The number of benzene rings is 1. The zero-order valence-corrected chi connectivity index (χ0v) is 12.1. The minimum atomic E-state index is 0.0537. The zero-order chi connectivity index (χ0) is 13.8. The van der Waals surface area contributed by atoms with Crippen molar-refractivity contribution in [1.29, 1.82) is 0 Å². The first-order valence-corrected chi connectivity index (χ1v) is 7.14. The lowest BCUT2D eigenvalue weighted by Gasteiger charge is -2.27.